The number of likely N-dealkylation sites (tertiary alicyclic amines) is 1. The number of hydrogen-bond acceptors (Lipinski definition) is 4. The summed E-state index contributed by atoms with van der Waals surface area (Å²) in [7, 11) is 0. The molecule has 0 radical (unpaired) electrons. The summed E-state index contributed by atoms with van der Waals surface area (Å²) in [6.07, 6.45) is 0.803. The Bertz CT molecular complexity index is 871. The Labute approximate surface area is 146 Å². The van der Waals surface area contributed by atoms with Crippen molar-refractivity contribution in [2.75, 3.05) is 13.1 Å². The molecule has 2 saturated heterocycles. The van der Waals surface area contributed by atoms with Gasteiger partial charge in [-0.15, -0.1) is 11.3 Å². The van der Waals surface area contributed by atoms with E-state index in [0.29, 0.717) is 35.8 Å². The second kappa shape index (κ2) is 5.46. The molecule has 3 heterocycles. The van der Waals surface area contributed by atoms with Gasteiger partial charge in [0.15, 0.2) is 0 Å². The minimum absolute atomic E-state index is 0.124. The van der Waals surface area contributed by atoms with Crippen LogP contribution in [0.15, 0.2) is 24.3 Å². The van der Waals surface area contributed by atoms with Crippen molar-refractivity contribution in [3.63, 3.8) is 0 Å². The fraction of sp³-hybridized carbons (Fsp3) is 0.312. The summed E-state index contributed by atoms with van der Waals surface area (Å²) >= 11 is 7.75. The summed E-state index contributed by atoms with van der Waals surface area (Å²) in [5.74, 6) is -0.430. The number of thiophene rings is 1. The highest BCUT2D eigenvalue weighted by molar-refractivity contribution is 7.21. The molecule has 24 heavy (non-hydrogen) atoms. The molecule has 1 aromatic heterocycles. The summed E-state index contributed by atoms with van der Waals surface area (Å²) in [4.78, 5) is 38.4. The fourth-order valence-electron chi connectivity index (χ4n) is 3.27. The van der Waals surface area contributed by atoms with E-state index in [0.717, 1.165) is 10.1 Å². The highest BCUT2D eigenvalue weighted by Crippen LogP contribution is 2.36. The van der Waals surface area contributed by atoms with Crippen molar-refractivity contribution in [3.8, 4) is 0 Å². The molecule has 0 atom stereocenters. The first-order valence-corrected chi connectivity index (χ1v) is 8.79. The molecule has 1 spiro atoms. The van der Waals surface area contributed by atoms with Crippen LogP contribution in [-0.4, -0.2) is 41.4 Å². The first-order chi connectivity index (χ1) is 11.5. The SMILES string of the molecule is O=C1NC(=O)C2(CCN(C(=O)c3sc4ccccc4c3Cl)CC2)N1. The maximum absolute atomic E-state index is 12.8. The molecular weight excluding hydrogens is 350 g/mol. The number of carbonyl (C=O) groups is 3. The number of urea groups is 1. The molecule has 0 unspecified atom stereocenters. The maximum atomic E-state index is 12.8. The van der Waals surface area contributed by atoms with Gasteiger partial charge in [0.1, 0.15) is 10.4 Å². The molecule has 0 bridgehead atoms. The van der Waals surface area contributed by atoms with Crippen molar-refractivity contribution < 1.29 is 14.4 Å². The third-order valence-corrected chi connectivity index (χ3v) is 6.31. The van der Waals surface area contributed by atoms with Crippen LogP contribution < -0.4 is 10.6 Å². The van der Waals surface area contributed by atoms with E-state index in [2.05, 4.69) is 10.6 Å². The van der Waals surface area contributed by atoms with Crippen molar-refractivity contribution in [3.05, 3.63) is 34.2 Å². The Hall–Kier alpha value is -2.12. The molecule has 8 heteroatoms. The molecule has 4 amide bonds. The molecule has 124 valence electrons. The van der Waals surface area contributed by atoms with Crippen LogP contribution in [0.2, 0.25) is 5.02 Å². The standard InChI is InChI=1S/C16H14ClN3O3S/c17-11-9-3-1-2-4-10(9)24-12(11)13(21)20-7-5-16(6-8-20)14(22)18-15(23)19-16/h1-4H,5-8H2,(H2,18,19,22,23). The lowest BCUT2D eigenvalue weighted by atomic mass is 9.87. The monoisotopic (exact) mass is 363 g/mol. The first-order valence-electron chi connectivity index (χ1n) is 7.60. The van der Waals surface area contributed by atoms with E-state index in [1.807, 2.05) is 24.3 Å². The smallest absolute Gasteiger partial charge is 0.322 e. The maximum Gasteiger partial charge on any atom is 0.322 e. The van der Waals surface area contributed by atoms with Crippen LogP contribution in [-0.2, 0) is 4.79 Å². The highest BCUT2D eigenvalue weighted by Gasteiger charge is 2.48. The predicted octanol–water partition coefficient (Wildman–Crippen LogP) is 2.37. The first kappa shape index (κ1) is 15.4. The Morgan fingerprint density at radius 2 is 1.92 bits per heavy atom. The Morgan fingerprint density at radius 3 is 2.54 bits per heavy atom. The van der Waals surface area contributed by atoms with Crippen LogP contribution in [0, 0.1) is 0 Å². The third-order valence-electron chi connectivity index (χ3n) is 4.65. The summed E-state index contributed by atoms with van der Waals surface area (Å²) in [6.45, 7) is 0.800. The van der Waals surface area contributed by atoms with E-state index in [-0.39, 0.29) is 11.8 Å². The third kappa shape index (κ3) is 2.27. The van der Waals surface area contributed by atoms with E-state index in [4.69, 9.17) is 11.6 Å². The van der Waals surface area contributed by atoms with Gasteiger partial charge in [-0.05, 0) is 18.9 Å². The van der Waals surface area contributed by atoms with Gasteiger partial charge < -0.3 is 10.2 Å². The average Bonchev–Trinajstić information content (AvgIpc) is 3.05. The number of imide groups is 1. The van der Waals surface area contributed by atoms with Crippen LogP contribution in [0.3, 0.4) is 0 Å². The molecule has 2 aliphatic heterocycles. The number of rotatable bonds is 1. The lowest BCUT2D eigenvalue weighted by Crippen LogP contribution is -2.55. The highest BCUT2D eigenvalue weighted by atomic mass is 35.5. The van der Waals surface area contributed by atoms with Gasteiger partial charge in [0.25, 0.3) is 11.8 Å². The lowest BCUT2D eigenvalue weighted by Gasteiger charge is -2.36. The Balaban J connectivity index is 1.55. The van der Waals surface area contributed by atoms with Crippen molar-refractivity contribution in [2.45, 2.75) is 18.4 Å². The average molecular weight is 364 g/mol. The molecule has 2 fully saturated rings. The van der Waals surface area contributed by atoms with Gasteiger partial charge in [-0.25, -0.2) is 4.79 Å². The summed E-state index contributed by atoms with van der Waals surface area (Å²) in [6, 6.07) is 7.17. The molecule has 6 nitrogen and oxygen atoms in total. The molecule has 0 saturated carbocycles. The van der Waals surface area contributed by atoms with Gasteiger partial charge in [-0.1, -0.05) is 29.8 Å². The van der Waals surface area contributed by atoms with E-state index < -0.39 is 11.6 Å². The molecule has 0 aliphatic carbocycles. The normalized spacial score (nSPS) is 19.6. The van der Waals surface area contributed by atoms with Crippen molar-refractivity contribution >= 4 is 50.9 Å². The zero-order valence-electron chi connectivity index (χ0n) is 12.6. The molecule has 2 aromatic rings. The largest absolute Gasteiger partial charge is 0.338 e. The van der Waals surface area contributed by atoms with Gasteiger partial charge in [-0.3, -0.25) is 14.9 Å². The number of benzene rings is 1. The zero-order valence-corrected chi connectivity index (χ0v) is 14.2. The fourth-order valence-corrected chi connectivity index (χ4v) is 4.75. The summed E-state index contributed by atoms with van der Waals surface area (Å²) in [5, 5.41) is 6.32. The van der Waals surface area contributed by atoms with E-state index in [9.17, 15) is 14.4 Å². The van der Waals surface area contributed by atoms with Crippen LogP contribution in [0.25, 0.3) is 10.1 Å². The van der Waals surface area contributed by atoms with Gasteiger partial charge in [-0.2, -0.15) is 0 Å². The minimum atomic E-state index is -0.877. The molecular formula is C16H14ClN3O3S. The van der Waals surface area contributed by atoms with Gasteiger partial charge in [0.2, 0.25) is 0 Å². The topological polar surface area (TPSA) is 78.5 Å². The summed E-state index contributed by atoms with van der Waals surface area (Å²) < 4.78 is 0.974. The Kier molecular flexibility index (Phi) is 3.51. The summed E-state index contributed by atoms with van der Waals surface area (Å²) in [5.41, 5.74) is -0.877. The van der Waals surface area contributed by atoms with Crippen molar-refractivity contribution in [2.24, 2.45) is 0 Å². The quantitative estimate of drug-likeness (QED) is 0.763. The van der Waals surface area contributed by atoms with Crippen molar-refractivity contribution in [1.82, 2.24) is 15.5 Å². The number of halogens is 1. The van der Waals surface area contributed by atoms with Gasteiger partial charge >= 0.3 is 6.03 Å². The molecule has 2 aliphatic rings. The molecule has 2 N–H and O–H groups in total. The van der Waals surface area contributed by atoms with E-state index in [1.54, 1.807) is 4.90 Å². The number of nitrogens with zero attached hydrogens (tertiary/aromatic N) is 1. The molecule has 1 aromatic carbocycles. The van der Waals surface area contributed by atoms with Crippen LogP contribution >= 0.6 is 22.9 Å². The van der Waals surface area contributed by atoms with Crippen LogP contribution in [0.5, 0.6) is 0 Å². The van der Waals surface area contributed by atoms with Crippen molar-refractivity contribution in [1.29, 1.82) is 0 Å². The number of hydrogen-bond donors (Lipinski definition) is 2. The van der Waals surface area contributed by atoms with Gasteiger partial charge in [0.05, 0.1) is 5.02 Å². The minimum Gasteiger partial charge on any atom is -0.338 e. The Morgan fingerprint density at radius 1 is 1.21 bits per heavy atom. The number of carbonyl (C=O) groups excluding carboxylic acids is 3. The van der Waals surface area contributed by atoms with E-state index >= 15 is 0 Å². The number of nitrogens with one attached hydrogen (secondary N) is 2. The second-order valence-corrected chi connectivity index (χ2v) is 7.45. The van der Waals surface area contributed by atoms with E-state index in [1.165, 1.54) is 11.3 Å². The molecule has 4 rings (SSSR count). The number of piperidine rings is 1. The number of fused-ring (bicyclic) bond motifs is 1. The van der Waals surface area contributed by atoms with Crippen LogP contribution in [0.4, 0.5) is 4.79 Å². The van der Waals surface area contributed by atoms with Gasteiger partial charge in [0, 0.05) is 23.2 Å². The second-order valence-electron chi connectivity index (χ2n) is 6.02. The number of amides is 4. The predicted molar refractivity (Wildman–Crippen MR) is 91.4 cm³/mol. The zero-order chi connectivity index (χ0) is 16.9. The van der Waals surface area contributed by atoms with Crippen LogP contribution in [0.1, 0.15) is 22.5 Å². The lowest BCUT2D eigenvalue weighted by molar-refractivity contribution is -0.125.